The highest BCUT2D eigenvalue weighted by atomic mass is 32.2. The molecule has 1 atom stereocenters. The van der Waals surface area contributed by atoms with Crippen LogP contribution >= 0.6 is 11.8 Å². The van der Waals surface area contributed by atoms with Crippen LogP contribution in [-0.4, -0.2) is 29.1 Å². The van der Waals surface area contributed by atoms with Crippen molar-refractivity contribution in [3.8, 4) is 0 Å². The normalized spacial score (nSPS) is 12.6. The molecule has 100 valence electrons. The lowest BCUT2D eigenvalue weighted by Crippen LogP contribution is -2.45. The molecule has 0 saturated carbocycles. The van der Waals surface area contributed by atoms with Gasteiger partial charge in [0.1, 0.15) is 0 Å². The quantitative estimate of drug-likeness (QED) is 0.833. The fraction of sp³-hybridized carbons (Fsp3) is 0.500. The maximum Gasteiger partial charge on any atom is 0.239 e. The van der Waals surface area contributed by atoms with E-state index in [0.29, 0.717) is 6.54 Å². The molecule has 1 aromatic carbocycles. The number of hydrogen-bond acceptors (Lipinski definition) is 3. The first-order chi connectivity index (χ1) is 8.45. The van der Waals surface area contributed by atoms with E-state index < -0.39 is 6.04 Å². The van der Waals surface area contributed by atoms with Gasteiger partial charge in [-0.1, -0.05) is 12.1 Å². The fourth-order valence-corrected chi connectivity index (χ4v) is 2.11. The Hall–Kier alpha value is -1.00. The van der Waals surface area contributed by atoms with Crippen molar-refractivity contribution in [2.75, 3.05) is 6.26 Å². The van der Waals surface area contributed by atoms with Crippen LogP contribution < -0.4 is 5.73 Å². The molecular formula is C14H22N2OS. The van der Waals surface area contributed by atoms with Gasteiger partial charge in [-0.15, -0.1) is 11.8 Å². The van der Waals surface area contributed by atoms with Crippen LogP contribution in [0.15, 0.2) is 29.2 Å². The van der Waals surface area contributed by atoms with Crippen molar-refractivity contribution >= 4 is 17.7 Å². The molecule has 2 N–H and O–H groups in total. The molecule has 1 rings (SSSR count). The van der Waals surface area contributed by atoms with E-state index in [1.165, 1.54) is 4.90 Å². The van der Waals surface area contributed by atoms with Crippen LogP contribution in [0.1, 0.15) is 26.3 Å². The van der Waals surface area contributed by atoms with Gasteiger partial charge in [-0.05, 0) is 44.7 Å². The van der Waals surface area contributed by atoms with Crippen molar-refractivity contribution in [3.63, 3.8) is 0 Å². The van der Waals surface area contributed by atoms with Gasteiger partial charge < -0.3 is 10.6 Å². The Morgan fingerprint density at radius 3 is 2.22 bits per heavy atom. The summed E-state index contributed by atoms with van der Waals surface area (Å²) in [6.07, 6.45) is 2.05. The molecule has 3 nitrogen and oxygen atoms in total. The first kappa shape index (κ1) is 15.1. The Morgan fingerprint density at radius 2 is 1.83 bits per heavy atom. The Labute approximate surface area is 114 Å². The third kappa shape index (κ3) is 4.03. The third-order valence-corrected chi connectivity index (χ3v) is 3.55. The van der Waals surface area contributed by atoms with E-state index >= 15 is 0 Å². The van der Waals surface area contributed by atoms with Crippen LogP contribution in [-0.2, 0) is 11.3 Å². The molecule has 1 amide bonds. The van der Waals surface area contributed by atoms with Gasteiger partial charge in [0.2, 0.25) is 5.91 Å². The van der Waals surface area contributed by atoms with Crippen molar-refractivity contribution in [1.29, 1.82) is 0 Å². The predicted molar refractivity (Wildman–Crippen MR) is 77.6 cm³/mol. The van der Waals surface area contributed by atoms with E-state index in [0.717, 1.165) is 5.56 Å². The zero-order valence-electron chi connectivity index (χ0n) is 11.5. The van der Waals surface area contributed by atoms with Crippen LogP contribution in [0.2, 0.25) is 0 Å². The summed E-state index contributed by atoms with van der Waals surface area (Å²) in [6.45, 7) is 6.37. The Kier molecular flexibility index (Phi) is 5.69. The van der Waals surface area contributed by atoms with Crippen molar-refractivity contribution in [2.45, 2.75) is 44.3 Å². The van der Waals surface area contributed by atoms with Gasteiger partial charge >= 0.3 is 0 Å². The lowest BCUT2D eigenvalue weighted by Gasteiger charge is -2.28. The highest BCUT2D eigenvalue weighted by Gasteiger charge is 2.20. The topological polar surface area (TPSA) is 46.3 Å². The monoisotopic (exact) mass is 266 g/mol. The summed E-state index contributed by atoms with van der Waals surface area (Å²) in [4.78, 5) is 15.1. The lowest BCUT2D eigenvalue weighted by molar-refractivity contribution is -0.134. The highest BCUT2D eigenvalue weighted by Crippen LogP contribution is 2.16. The van der Waals surface area contributed by atoms with Crippen LogP contribution in [0.5, 0.6) is 0 Å². The smallest absolute Gasteiger partial charge is 0.239 e. The molecule has 0 saturated heterocycles. The summed E-state index contributed by atoms with van der Waals surface area (Å²) in [5.41, 5.74) is 6.81. The van der Waals surface area contributed by atoms with E-state index in [1.54, 1.807) is 18.7 Å². The van der Waals surface area contributed by atoms with Crippen molar-refractivity contribution in [2.24, 2.45) is 5.73 Å². The van der Waals surface area contributed by atoms with Gasteiger partial charge in [0.05, 0.1) is 6.04 Å². The second kappa shape index (κ2) is 6.81. The van der Waals surface area contributed by atoms with Crippen LogP contribution in [0, 0.1) is 0 Å². The van der Waals surface area contributed by atoms with E-state index in [2.05, 4.69) is 30.5 Å². The van der Waals surface area contributed by atoms with Crippen molar-refractivity contribution < 1.29 is 4.79 Å². The summed E-state index contributed by atoms with van der Waals surface area (Å²) in [6, 6.07) is 8.00. The number of nitrogens with zero attached hydrogens (tertiary/aromatic N) is 1. The number of benzene rings is 1. The minimum Gasteiger partial charge on any atom is -0.335 e. The predicted octanol–water partition coefficient (Wildman–Crippen LogP) is 2.49. The minimum atomic E-state index is -0.446. The molecule has 0 heterocycles. The molecule has 18 heavy (non-hydrogen) atoms. The molecule has 0 aliphatic rings. The number of thioether (sulfide) groups is 1. The van der Waals surface area contributed by atoms with E-state index in [9.17, 15) is 4.79 Å². The fourth-order valence-electron chi connectivity index (χ4n) is 1.70. The molecule has 0 aromatic heterocycles. The molecular weight excluding hydrogens is 244 g/mol. The molecule has 0 spiro atoms. The molecule has 1 aromatic rings. The van der Waals surface area contributed by atoms with Crippen molar-refractivity contribution in [1.82, 2.24) is 4.90 Å². The maximum absolute atomic E-state index is 12.0. The molecule has 0 bridgehead atoms. The van der Waals surface area contributed by atoms with E-state index in [4.69, 9.17) is 5.73 Å². The molecule has 0 fully saturated rings. The van der Waals surface area contributed by atoms with Gasteiger partial charge in [-0.3, -0.25) is 4.79 Å². The number of amides is 1. The number of rotatable bonds is 5. The van der Waals surface area contributed by atoms with Crippen LogP contribution in [0.25, 0.3) is 0 Å². The van der Waals surface area contributed by atoms with Gasteiger partial charge in [-0.2, -0.15) is 0 Å². The first-order valence-corrected chi connectivity index (χ1v) is 7.37. The largest absolute Gasteiger partial charge is 0.335 e. The summed E-state index contributed by atoms with van der Waals surface area (Å²) < 4.78 is 0. The van der Waals surface area contributed by atoms with Gasteiger partial charge in [0.25, 0.3) is 0 Å². The van der Waals surface area contributed by atoms with Crippen LogP contribution in [0.3, 0.4) is 0 Å². The SMILES string of the molecule is CSc1ccc(CN(C(=O)C(C)N)C(C)C)cc1. The third-order valence-electron chi connectivity index (χ3n) is 2.81. The van der Waals surface area contributed by atoms with E-state index in [1.807, 2.05) is 18.7 Å². The summed E-state index contributed by atoms with van der Waals surface area (Å²) in [7, 11) is 0. The second-order valence-electron chi connectivity index (χ2n) is 4.70. The van der Waals surface area contributed by atoms with Gasteiger partial charge in [-0.25, -0.2) is 0 Å². The Bertz CT molecular complexity index is 387. The zero-order valence-corrected chi connectivity index (χ0v) is 12.3. The summed E-state index contributed by atoms with van der Waals surface area (Å²) in [5, 5.41) is 0. The number of carbonyl (C=O) groups is 1. The average molecular weight is 266 g/mol. The Morgan fingerprint density at radius 1 is 1.28 bits per heavy atom. The van der Waals surface area contributed by atoms with Gasteiger partial charge in [0, 0.05) is 17.5 Å². The maximum atomic E-state index is 12.0. The lowest BCUT2D eigenvalue weighted by atomic mass is 10.1. The number of carbonyl (C=O) groups excluding carboxylic acids is 1. The zero-order chi connectivity index (χ0) is 13.7. The number of hydrogen-bond donors (Lipinski definition) is 1. The molecule has 1 unspecified atom stereocenters. The number of nitrogens with two attached hydrogens (primary N) is 1. The second-order valence-corrected chi connectivity index (χ2v) is 5.58. The Balaban J connectivity index is 2.80. The molecule has 0 aliphatic heterocycles. The van der Waals surface area contributed by atoms with Crippen molar-refractivity contribution in [3.05, 3.63) is 29.8 Å². The molecule has 0 aliphatic carbocycles. The minimum absolute atomic E-state index is 0.000979. The van der Waals surface area contributed by atoms with Crippen LogP contribution in [0.4, 0.5) is 0 Å². The standard InChI is InChI=1S/C14H22N2OS/c1-10(2)16(14(17)11(3)15)9-12-5-7-13(18-4)8-6-12/h5-8,10-11H,9,15H2,1-4H3. The summed E-state index contributed by atoms with van der Waals surface area (Å²) in [5.74, 6) is -0.000979. The molecule has 4 heteroatoms. The molecule has 0 radical (unpaired) electrons. The average Bonchev–Trinajstić information content (AvgIpc) is 2.35. The highest BCUT2D eigenvalue weighted by molar-refractivity contribution is 7.98. The first-order valence-electron chi connectivity index (χ1n) is 6.14. The van der Waals surface area contributed by atoms with E-state index in [-0.39, 0.29) is 11.9 Å². The summed E-state index contributed by atoms with van der Waals surface area (Å²) >= 11 is 1.71. The van der Waals surface area contributed by atoms with Gasteiger partial charge in [0.15, 0.2) is 0 Å².